The summed E-state index contributed by atoms with van der Waals surface area (Å²) in [5, 5.41) is 7.97. The van der Waals surface area contributed by atoms with Gasteiger partial charge in [0.05, 0.1) is 40.1 Å². The lowest BCUT2D eigenvalue weighted by atomic mass is 10.1. The number of H-pyrrole nitrogens is 2. The van der Waals surface area contributed by atoms with Crippen LogP contribution in [0, 0.1) is 0 Å². The Labute approximate surface area is 191 Å². The monoisotopic (exact) mass is 451 g/mol. The SMILES string of the molecule is O=C(Nc1ccc2[nH]c(=O)[nH]c2c1)c1cc(-c2cccnc2)nc2c1cnn2Cc1ccco1. The first-order valence-corrected chi connectivity index (χ1v) is 10.5. The van der Waals surface area contributed by atoms with Crippen LogP contribution < -0.4 is 11.0 Å². The number of amides is 1. The van der Waals surface area contributed by atoms with Crippen molar-refractivity contribution >= 4 is 33.7 Å². The maximum absolute atomic E-state index is 13.4. The Bertz CT molecular complexity index is 1700. The number of hydrogen-bond acceptors (Lipinski definition) is 6. The highest BCUT2D eigenvalue weighted by Crippen LogP contribution is 2.26. The molecule has 0 spiro atoms. The fraction of sp³-hybridized carbons (Fsp3) is 0.0417. The van der Waals surface area contributed by atoms with E-state index in [1.807, 2.05) is 24.3 Å². The Morgan fingerprint density at radius 3 is 2.79 bits per heavy atom. The van der Waals surface area contributed by atoms with E-state index in [0.717, 1.165) is 11.3 Å². The third-order valence-electron chi connectivity index (χ3n) is 5.47. The van der Waals surface area contributed by atoms with Crippen LogP contribution in [0.15, 0.2) is 82.6 Å². The van der Waals surface area contributed by atoms with Crippen LogP contribution in [-0.4, -0.2) is 35.6 Å². The van der Waals surface area contributed by atoms with Crippen molar-refractivity contribution in [1.29, 1.82) is 0 Å². The second-order valence-electron chi connectivity index (χ2n) is 7.71. The first-order chi connectivity index (χ1) is 16.6. The number of nitrogens with zero attached hydrogens (tertiary/aromatic N) is 4. The lowest BCUT2D eigenvalue weighted by Crippen LogP contribution is -2.13. The number of aromatic nitrogens is 6. The van der Waals surface area contributed by atoms with Crippen LogP contribution >= 0.6 is 0 Å². The number of benzene rings is 1. The third-order valence-corrected chi connectivity index (χ3v) is 5.47. The number of rotatable bonds is 5. The number of carbonyl (C=O) groups excluding carboxylic acids is 1. The highest BCUT2D eigenvalue weighted by atomic mass is 16.3. The zero-order valence-corrected chi connectivity index (χ0v) is 17.6. The van der Waals surface area contributed by atoms with Gasteiger partial charge in [0, 0.05) is 23.6 Å². The molecule has 0 bridgehead atoms. The predicted molar refractivity (Wildman–Crippen MR) is 125 cm³/mol. The summed E-state index contributed by atoms with van der Waals surface area (Å²) < 4.78 is 7.15. The molecule has 0 atom stereocenters. The number of carbonyl (C=O) groups is 1. The molecule has 3 N–H and O–H groups in total. The zero-order valence-electron chi connectivity index (χ0n) is 17.6. The number of anilines is 1. The number of imidazole rings is 1. The van der Waals surface area contributed by atoms with Crippen molar-refractivity contribution in [2.24, 2.45) is 0 Å². The molecule has 0 aliphatic carbocycles. The minimum atomic E-state index is -0.327. The van der Waals surface area contributed by atoms with Gasteiger partial charge in [0.2, 0.25) is 0 Å². The number of fused-ring (bicyclic) bond motifs is 2. The van der Waals surface area contributed by atoms with Crippen molar-refractivity contribution in [3.05, 3.63) is 95.2 Å². The highest BCUT2D eigenvalue weighted by molar-refractivity contribution is 6.13. The lowest BCUT2D eigenvalue weighted by Gasteiger charge is -2.10. The van der Waals surface area contributed by atoms with Gasteiger partial charge in [0.15, 0.2) is 5.65 Å². The summed E-state index contributed by atoms with van der Waals surface area (Å²) in [6, 6.07) is 14.2. The van der Waals surface area contributed by atoms with Gasteiger partial charge in [-0.2, -0.15) is 5.10 Å². The van der Waals surface area contributed by atoms with Crippen LogP contribution in [-0.2, 0) is 6.54 Å². The third kappa shape index (κ3) is 3.52. The van der Waals surface area contributed by atoms with E-state index in [0.29, 0.717) is 45.6 Å². The van der Waals surface area contributed by atoms with Crippen LogP contribution in [0.1, 0.15) is 16.1 Å². The quantitative estimate of drug-likeness (QED) is 0.367. The normalized spacial score (nSPS) is 11.3. The second kappa shape index (κ2) is 7.85. The van der Waals surface area contributed by atoms with E-state index in [1.54, 1.807) is 53.8 Å². The summed E-state index contributed by atoms with van der Waals surface area (Å²) >= 11 is 0. The molecule has 5 aromatic heterocycles. The van der Waals surface area contributed by atoms with Crippen molar-refractivity contribution in [3.63, 3.8) is 0 Å². The molecule has 6 rings (SSSR count). The van der Waals surface area contributed by atoms with E-state index in [9.17, 15) is 9.59 Å². The summed E-state index contributed by atoms with van der Waals surface area (Å²) in [4.78, 5) is 39.3. The predicted octanol–water partition coefficient (Wildman–Crippen LogP) is 3.56. The highest BCUT2D eigenvalue weighted by Gasteiger charge is 2.19. The van der Waals surface area contributed by atoms with E-state index in [2.05, 4.69) is 25.4 Å². The van der Waals surface area contributed by atoms with Gasteiger partial charge in [-0.05, 0) is 48.5 Å². The smallest absolute Gasteiger partial charge is 0.323 e. The average Bonchev–Trinajstić information content (AvgIpc) is 3.59. The van der Waals surface area contributed by atoms with Crippen molar-refractivity contribution < 1.29 is 9.21 Å². The van der Waals surface area contributed by atoms with Crippen LogP contribution in [0.2, 0.25) is 0 Å². The molecule has 0 radical (unpaired) electrons. The fourth-order valence-electron chi connectivity index (χ4n) is 3.87. The van der Waals surface area contributed by atoms with Gasteiger partial charge in [0.25, 0.3) is 5.91 Å². The summed E-state index contributed by atoms with van der Waals surface area (Å²) in [6.07, 6.45) is 6.60. The molecule has 10 nitrogen and oxygen atoms in total. The molecule has 0 aliphatic rings. The van der Waals surface area contributed by atoms with E-state index in [-0.39, 0.29) is 11.6 Å². The maximum atomic E-state index is 13.4. The molecule has 0 aliphatic heterocycles. The number of nitrogens with one attached hydrogen (secondary N) is 3. The Morgan fingerprint density at radius 2 is 1.97 bits per heavy atom. The average molecular weight is 451 g/mol. The topological polar surface area (TPSA) is 134 Å². The van der Waals surface area contributed by atoms with E-state index in [4.69, 9.17) is 9.40 Å². The first-order valence-electron chi connectivity index (χ1n) is 10.5. The molecule has 5 heterocycles. The molecule has 10 heteroatoms. The first kappa shape index (κ1) is 19.7. The number of furan rings is 1. The van der Waals surface area contributed by atoms with Gasteiger partial charge in [-0.15, -0.1) is 0 Å². The lowest BCUT2D eigenvalue weighted by molar-refractivity contribution is 0.102. The van der Waals surface area contributed by atoms with E-state index in [1.165, 1.54) is 0 Å². The number of aromatic amines is 2. The van der Waals surface area contributed by atoms with Crippen molar-refractivity contribution in [1.82, 2.24) is 29.7 Å². The van der Waals surface area contributed by atoms with Gasteiger partial charge >= 0.3 is 5.69 Å². The maximum Gasteiger partial charge on any atom is 0.323 e. The van der Waals surface area contributed by atoms with Gasteiger partial charge in [-0.25, -0.2) is 14.5 Å². The van der Waals surface area contributed by atoms with Crippen molar-refractivity contribution in [2.75, 3.05) is 5.32 Å². The number of pyridine rings is 2. The molecule has 1 aromatic carbocycles. The van der Waals surface area contributed by atoms with Crippen LogP contribution in [0.3, 0.4) is 0 Å². The van der Waals surface area contributed by atoms with Crippen LogP contribution in [0.4, 0.5) is 5.69 Å². The van der Waals surface area contributed by atoms with Gasteiger partial charge in [-0.1, -0.05) is 0 Å². The Kier molecular flexibility index (Phi) is 4.54. The summed E-state index contributed by atoms with van der Waals surface area (Å²) in [6.45, 7) is 0.374. The number of hydrogen-bond donors (Lipinski definition) is 3. The Morgan fingerprint density at radius 1 is 1.06 bits per heavy atom. The summed E-state index contributed by atoms with van der Waals surface area (Å²) in [5.74, 6) is 0.394. The molecule has 0 saturated heterocycles. The van der Waals surface area contributed by atoms with E-state index >= 15 is 0 Å². The summed E-state index contributed by atoms with van der Waals surface area (Å²) in [7, 11) is 0. The zero-order chi connectivity index (χ0) is 23.1. The van der Waals surface area contributed by atoms with Crippen LogP contribution in [0.5, 0.6) is 0 Å². The van der Waals surface area contributed by atoms with Gasteiger partial charge in [0.1, 0.15) is 12.3 Å². The molecule has 0 unspecified atom stereocenters. The van der Waals surface area contributed by atoms with Crippen molar-refractivity contribution in [3.8, 4) is 11.3 Å². The van der Waals surface area contributed by atoms with Gasteiger partial charge < -0.3 is 19.7 Å². The second-order valence-corrected chi connectivity index (χ2v) is 7.71. The minimum absolute atomic E-state index is 0.306. The van der Waals surface area contributed by atoms with Crippen LogP contribution in [0.25, 0.3) is 33.3 Å². The molecular formula is C24H17N7O3. The minimum Gasteiger partial charge on any atom is -0.467 e. The Hall–Kier alpha value is -4.99. The molecule has 166 valence electrons. The molecule has 34 heavy (non-hydrogen) atoms. The van der Waals surface area contributed by atoms with Gasteiger partial charge in [-0.3, -0.25) is 9.78 Å². The fourth-order valence-corrected chi connectivity index (χ4v) is 3.87. The molecule has 6 aromatic rings. The molecular weight excluding hydrogens is 434 g/mol. The molecule has 1 amide bonds. The molecule has 0 saturated carbocycles. The molecule has 0 fully saturated rings. The van der Waals surface area contributed by atoms with Crippen molar-refractivity contribution in [2.45, 2.75) is 6.54 Å². The standard InChI is InChI=1S/C24H17N7O3/c32-23(27-15-5-6-19-21(9-15)30-24(33)29-19)17-10-20(14-3-1-7-25-11-14)28-22-18(17)12-26-31(22)13-16-4-2-8-34-16/h1-12H,13H2,(H,27,32)(H2,29,30,33). The largest absolute Gasteiger partial charge is 0.467 e. The van der Waals surface area contributed by atoms with E-state index < -0.39 is 0 Å². The summed E-state index contributed by atoms with van der Waals surface area (Å²) in [5.41, 5.74) is 3.83. The Balaban J connectivity index is 1.44.